The number of rotatable bonds is 8. The van der Waals surface area contributed by atoms with E-state index in [1.165, 1.54) is 11.8 Å². The average molecular weight is 435 g/mol. The van der Waals surface area contributed by atoms with E-state index in [0.29, 0.717) is 33.8 Å². The van der Waals surface area contributed by atoms with Gasteiger partial charge in [0.05, 0.1) is 10.0 Å². The summed E-state index contributed by atoms with van der Waals surface area (Å²) in [5.74, 6) is -0.177. The van der Waals surface area contributed by atoms with E-state index in [4.69, 9.17) is 34.0 Å². The van der Waals surface area contributed by atoms with Gasteiger partial charge in [-0.1, -0.05) is 41.0 Å². The van der Waals surface area contributed by atoms with Crippen molar-refractivity contribution in [2.24, 2.45) is 5.73 Å². The number of halogens is 2. The molecule has 5 N–H and O–H groups in total. The van der Waals surface area contributed by atoms with Gasteiger partial charge in [0.1, 0.15) is 15.6 Å². The van der Waals surface area contributed by atoms with Gasteiger partial charge in [0, 0.05) is 18.9 Å². The molecule has 11 heteroatoms. The van der Waals surface area contributed by atoms with E-state index in [1.807, 2.05) is 6.07 Å². The number of hydrogen-bond acceptors (Lipinski definition) is 6. The molecule has 0 fully saturated rings. The second kappa shape index (κ2) is 9.98. The lowest BCUT2D eigenvalue weighted by Gasteiger charge is -2.06. The number of carbonyl (C=O) groups is 2. The van der Waals surface area contributed by atoms with Crippen LogP contribution in [0.3, 0.4) is 0 Å². The number of carbonyl (C=O) groups excluding carboxylic acids is 2. The largest absolute Gasteiger partial charge is 0.396 e. The Kier molecular flexibility index (Phi) is 7.98. The van der Waals surface area contributed by atoms with Gasteiger partial charge in [-0.2, -0.15) is 4.37 Å². The summed E-state index contributed by atoms with van der Waals surface area (Å²) in [5.41, 5.74) is 6.51. The fourth-order valence-corrected chi connectivity index (χ4v) is 4.12. The minimum atomic E-state index is -0.680. The normalized spacial score (nSPS) is 10.6. The van der Waals surface area contributed by atoms with Gasteiger partial charge in [-0.05, 0) is 35.6 Å². The third-order valence-electron chi connectivity index (χ3n) is 3.11. The highest BCUT2D eigenvalue weighted by Crippen LogP contribution is 2.34. The maximum absolute atomic E-state index is 11.8. The van der Waals surface area contributed by atoms with Gasteiger partial charge in [0.15, 0.2) is 0 Å². The van der Waals surface area contributed by atoms with Crippen molar-refractivity contribution in [3.63, 3.8) is 0 Å². The summed E-state index contributed by atoms with van der Waals surface area (Å²) >= 11 is 14.2. The lowest BCUT2D eigenvalue weighted by atomic mass is 10.2. The average Bonchev–Trinajstić information content (AvgIpc) is 2.99. The monoisotopic (exact) mass is 434 g/mol. The number of aliphatic hydroxyl groups is 1. The number of urea groups is 1. The van der Waals surface area contributed by atoms with Gasteiger partial charge in [0.2, 0.25) is 0 Å². The molecule has 0 radical (unpaired) electrons. The summed E-state index contributed by atoms with van der Waals surface area (Å²) in [7, 11) is 0. The lowest BCUT2D eigenvalue weighted by Crippen LogP contribution is -2.30. The molecule has 140 valence electrons. The summed E-state index contributed by atoms with van der Waals surface area (Å²) in [6, 6.07) is 4.76. The maximum Gasteiger partial charge on any atom is 0.319 e. The van der Waals surface area contributed by atoms with E-state index >= 15 is 0 Å². The van der Waals surface area contributed by atoms with Crippen molar-refractivity contribution in [2.45, 2.75) is 17.2 Å². The van der Waals surface area contributed by atoms with Gasteiger partial charge >= 0.3 is 6.03 Å². The van der Waals surface area contributed by atoms with E-state index in [9.17, 15) is 9.59 Å². The van der Waals surface area contributed by atoms with Crippen molar-refractivity contribution >= 4 is 63.4 Å². The van der Waals surface area contributed by atoms with Crippen molar-refractivity contribution in [1.82, 2.24) is 9.69 Å². The molecule has 7 nitrogen and oxygen atoms in total. The predicted molar refractivity (Wildman–Crippen MR) is 105 cm³/mol. The topological polar surface area (TPSA) is 117 Å². The predicted octanol–water partition coefficient (Wildman–Crippen LogP) is 3.35. The van der Waals surface area contributed by atoms with Crippen LogP contribution in [-0.4, -0.2) is 34.6 Å². The molecule has 0 saturated heterocycles. The van der Waals surface area contributed by atoms with Crippen molar-refractivity contribution in [2.75, 3.05) is 18.5 Å². The molecule has 1 aromatic heterocycles. The Morgan fingerprint density at radius 2 is 2.08 bits per heavy atom. The molecule has 0 atom stereocenters. The van der Waals surface area contributed by atoms with Crippen molar-refractivity contribution in [3.05, 3.63) is 39.4 Å². The summed E-state index contributed by atoms with van der Waals surface area (Å²) in [6.45, 7) is 0.287. The Hall–Kier alpha value is -1.52. The molecule has 2 rings (SSSR count). The minimum Gasteiger partial charge on any atom is -0.396 e. The second-order valence-electron chi connectivity index (χ2n) is 5.05. The molecule has 1 heterocycles. The Morgan fingerprint density at radius 3 is 2.73 bits per heavy atom. The second-order valence-corrected chi connectivity index (χ2v) is 7.60. The number of anilines is 1. The SMILES string of the molecule is NC(=O)c1c(SCc2ccc(Cl)c(Cl)c2)nsc1NC(=O)NCCCO. The third-order valence-corrected chi connectivity index (χ3v) is 5.78. The van der Waals surface area contributed by atoms with E-state index in [2.05, 4.69) is 15.0 Å². The first kappa shape index (κ1) is 20.8. The van der Waals surface area contributed by atoms with Gasteiger partial charge < -0.3 is 16.2 Å². The van der Waals surface area contributed by atoms with Crippen molar-refractivity contribution < 1.29 is 14.7 Å². The number of thioether (sulfide) groups is 1. The number of hydrogen-bond donors (Lipinski definition) is 4. The summed E-state index contributed by atoms with van der Waals surface area (Å²) in [4.78, 5) is 23.6. The molecule has 3 amide bonds. The highest BCUT2D eigenvalue weighted by molar-refractivity contribution is 7.98. The third kappa shape index (κ3) is 5.75. The molecule has 0 spiro atoms. The molecule has 0 aliphatic carbocycles. The van der Waals surface area contributed by atoms with Crippen LogP contribution < -0.4 is 16.4 Å². The van der Waals surface area contributed by atoms with E-state index in [-0.39, 0.29) is 17.2 Å². The van der Waals surface area contributed by atoms with E-state index in [0.717, 1.165) is 17.1 Å². The van der Waals surface area contributed by atoms with Crippen LogP contribution in [0.1, 0.15) is 22.3 Å². The fraction of sp³-hybridized carbons (Fsp3) is 0.267. The molecule has 0 bridgehead atoms. The Labute approximate surface area is 168 Å². The Balaban J connectivity index is 2.07. The quantitative estimate of drug-likeness (QED) is 0.375. The first-order valence-electron chi connectivity index (χ1n) is 7.44. The van der Waals surface area contributed by atoms with Gasteiger partial charge in [-0.25, -0.2) is 4.79 Å². The minimum absolute atomic E-state index is 0.0249. The molecule has 1 aromatic carbocycles. The number of nitrogens with zero attached hydrogens (tertiary/aromatic N) is 1. The molecule has 0 aliphatic rings. The first-order chi connectivity index (χ1) is 12.4. The van der Waals surface area contributed by atoms with Crippen LogP contribution in [0.25, 0.3) is 0 Å². The van der Waals surface area contributed by atoms with Gasteiger partial charge in [-0.3, -0.25) is 10.1 Å². The van der Waals surface area contributed by atoms with Crippen LogP contribution >= 0.6 is 46.5 Å². The van der Waals surface area contributed by atoms with Crippen LogP contribution in [0.4, 0.5) is 9.80 Å². The van der Waals surface area contributed by atoms with Crippen LogP contribution in [0.2, 0.25) is 10.0 Å². The maximum atomic E-state index is 11.8. The van der Waals surface area contributed by atoms with Gasteiger partial charge in [-0.15, -0.1) is 0 Å². The lowest BCUT2D eigenvalue weighted by molar-refractivity contribution is 0.0998. The van der Waals surface area contributed by atoms with Crippen molar-refractivity contribution in [1.29, 1.82) is 0 Å². The first-order valence-corrected chi connectivity index (χ1v) is 9.95. The number of primary amides is 1. The van der Waals surface area contributed by atoms with Crippen LogP contribution in [0.15, 0.2) is 23.2 Å². The Morgan fingerprint density at radius 1 is 1.31 bits per heavy atom. The van der Waals surface area contributed by atoms with Crippen LogP contribution in [0.5, 0.6) is 0 Å². The van der Waals surface area contributed by atoms with Crippen LogP contribution in [0, 0.1) is 0 Å². The number of nitrogens with one attached hydrogen (secondary N) is 2. The zero-order valence-electron chi connectivity index (χ0n) is 13.4. The highest BCUT2D eigenvalue weighted by atomic mass is 35.5. The number of benzene rings is 1. The van der Waals surface area contributed by atoms with E-state index < -0.39 is 11.9 Å². The number of amides is 3. The Bertz CT molecular complexity index is 801. The fourth-order valence-electron chi connectivity index (χ4n) is 1.89. The molecule has 0 saturated carbocycles. The summed E-state index contributed by atoms with van der Waals surface area (Å²) < 4.78 is 4.20. The number of aromatic nitrogens is 1. The molecule has 0 unspecified atom stereocenters. The molecular formula is C15H16Cl2N4O3S2. The summed E-state index contributed by atoms with van der Waals surface area (Å²) in [5, 5.41) is 15.4. The molecule has 0 aliphatic heterocycles. The van der Waals surface area contributed by atoms with Gasteiger partial charge in [0.25, 0.3) is 5.91 Å². The zero-order valence-corrected chi connectivity index (χ0v) is 16.6. The number of nitrogens with two attached hydrogens (primary N) is 1. The smallest absolute Gasteiger partial charge is 0.319 e. The standard InChI is InChI=1S/C15H16Cl2N4O3S2/c16-9-3-2-8(6-10(9)17)7-25-14-11(12(18)23)13(26-21-14)20-15(24)19-4-1-5-22/h2-3,6,22H,1,4-5,7H2,(H2,18,23)(H2,19,20,24). The highest BCUT2D eigenvalue weighted by Gasteiger charge is 2.21. The van der Waals surface area contributed by atoms with Crippen LogP contribution in [-0.2, 0) is 5.75 Å². The van der Waals surface area contributed by atoms with Crippen molar-refractivity contribution in [3.8, 4) is 0 Å². The molecule has 2 aromatic rings. The number of aliphatic hydroxyl groups excluding tert-OH is 1. The molecular weight excluding hydrogens is 419 g/mol. The molecule has 26 heavy (non-hydrogen) atoms. The zero-order chi connectivity index (χ0) is 19.1. The van der Waals surface area contributed by atoms with E-state index in [1.54, 1.807) is 12.1 Å². The summed E-state index contributed by atoms with van der Waals surface area (Å²) in [6.07, 6.45) is 0.434.